The maximum atomic E-state index is 13.0. The van der Waals surface area contributed by atoms with E-state index in [1.807, 2.05) is 10.9 Å². The van der Waals surface area contributed by atoms with Crippen LogP contribution in [0.5, 0.6) is 5.75 Å². The summed E-state index contributed by atoms with van der Waals surface area (Å²) in [7, 11) is 1.45. The van der Waals surface area contributed by atoms with E-state index >= 15 is 0 Å². The molecular weight excluding hydrogens is 385 g/mol. The van der Waals surface area contributed by atoms with E-state index in [9.17, 15) is 18.0 Å². The van der Waals surface area contributed by atoms with Gasteiger partial charge in [-0.05, 0) is 31.7 Å². The second kappa shape index (κ2) is 7.46. The van der Waals surface area contributed by atoms with Crippen molar-refractivity contribution >= 4 is 17.2 Å². The van der Waals surface area contributed by atoms with Crippen molar-refractivity contribution in [2.45, 2.75) is 37.9 Å². The number of hydrogen-bond acceptors (Lipinski definition) is 5. The standard InChI is InChI=1S/C20H19F3N4O2/c1-29-18-7-16-13(10-27(26-16)14-4-2-12(11-28)3-5-14)6-15(18)17-8-24-9-19(25-17)20(21,22)23/h6-12,14H,2-5H2,1H3. The highest BCUT2D eigenvalue weighted by Gasteiger charge is 2.33. The van der Waals surface area contributed by atoms with Crippen LogP contribution in [0.3, 0.4) is 0 Å². The minimum absolute atomic E-state index is 0.0813. The van der Waals surface area contributed by atoms with Gasteiger partial charge in [-0.15, -0.1) is 0 Å². The third-order valence-electron chi connectivity index (χ3n) is 5.35. The predicted molar refractivity (Wildman–Crippen MR) is 99.4 cm³/mol. The lowest BCUT2D eigenvalue weighted by Crippen LogP contribution is -2.19. The number of nitrogens with zero attached hydrogens (tertiary/aromatic N) is 4. The van der Waals surface area contributed by atoms with Crippen molar-refractivity contribution in [3.05, 3.63) is 36.4 Å². The summed E-state index contributed by atoms with van der Waals surface area (Å²) in [5, 5.41) is 5.40. The molecule has 0 bridgehead atoms. The quantitative estimate of drug-likeness (QED) is 0.601. The number of alkyl halides is 3. The van der Waals surface area contributed by atoms with Crippen LogP contribution in [0, 0.1) is 5.92 Å². The van der Waals surface area contributed by atoms with E-state index < -0.39 is 11.9 Å². The number of hydrogen-bond donors (Lipinski definition) is 0. The van der Waals surface area contributed by atoms with Crippen molar-refractivity contribution in [1.82, 2.24) is 19.7 Å². The van der Waals surface area contributed by atoms with Gasteiger partial charge < -0.3 is 9.53 Å². The summed E-state index contributed by atoms with van der Waals surface area (Å²) in [6.45, 7) is 0. The molecule has 0 saturated heterocycles. The van der Waals surface area contributed by atoms with Crippen LogP contribution >= 0.6 is 0 Å². The van der Waals surface area contributed by atoms with Crippen molar-refractivity contribution in [1.29, 1.82) is 0 Å². The number of aldehydes is 1. The maximum Gasteiger partial charge on any atom is 0.434 e. The smallest absolute Gasteiger partial charge is 0.434 e. The van der Waals surface area contributed by atoms with Crippen molar-refractivity contribution in [3.63, 3.8) is 0 Å². The van der Waals surface area contributed by atoms with Gasteiger partial charge in [-0.3, -0.25) is 9.67 Å². The van der Waals surface area contributed by atoms with Gasteiger partial charge in [0.1, 0.15) is 12.0 Å². The van der Waals surface area contributed by atoms with Gasteiger partial charge >= 0.3 is 6.18 Å². The molecule has 0 radical (unpaired) electrons. The van der Waals surface area contributed by atoms with Gasteiger partial charge in [0.2, 0.25) is 0 Å². The molecule has 2 heterocycles. The number of benzene rings is 1. The van der Waals surface area contributed by atoms with E-state index in [0.717, 1.165) is 37.4 Å². The number of ether oxygens (including phenoxy) is 1. The van der Waals surface area contributed by atoms with E-state index in [4.69, 9.17) is 4.74 Å². The molecule has 4 rings (SSSR count). The fraction of sp³-hybridized carbons (Fsp3) is 0.400. The molecule has 6 nitrogen and oxygen atoms in total. The Kier molecular flexibility index (Phi) is 4.97. The van der Waals surface area contributed by atoms with Gasteiger partial charge in [-0.25, -0.2) is 4.98 Å². The summed E-state index contributed by atoms with van der Waals surface area (Å²) in [5.74, 6) is 0.489. The number of carbonyl (C=O) groups is 1. The molecule has 29 heavy (non-hydrogen) atoms. The first-order valence-electron chi connectivity index (χ1n) is 9.31. The zero-order valence-corrected chi connectivity index (χ0v) is 15.7. The van der Waals surface area contributed by atoms with E-state index in [1.54, 1.807) is 12.1 Å². The molecule has 0 spiro atoms. The first-order valence-corrected chi connectivity index (χ1v) is 9.31. The van der Waals surface area contributed by atoms with Crippen LogP contribution in [0.1, 0.15) is 37.4 Å². The molecule has 0 N–H and O–H groups in total. The highest BCUT2D eigenvalue weighted by molar-refractivity contribution is 5.87. The lowest BCUT2D eigenvalue weighted by molar-refractivity contribution is -0.141. The second-order valence-electron chi connectivity index (χ2n) is 7.21. The summed E-state index contributed by atoms with van der Waals surface area (Å²) in [6, 6.07) is 3.61. The molecule has 1 saturated carbocycles. The van der Waals surface area contributed by atoms with Crippen LogP contribution in [-0.2, 0) is 11.0 Å². The van der Waals surface area contributed by atoms with Crippen LogP contribution in [0.25, 0.3) is 22.2 Å². The third-order valence-corrected chi connectivity index (χ3v) is 5.35. The zero-order chi connectivity index (χ0) is 20.6. The number of methoxy groups -OCH3 is 1. The van der Waals surface area contributed by atoms with Crippen LogP contribution in [-0.4, -0.2) is 33.1 Å². The highest BCUT2D eigenvalue weighted by Crippen LogP contribution is 2.36. The highest BCUT2D eigenvalue weighted by atomic mass is 19.4. The number of carbonyl (C=O) groups excluding carboxylic acids is 1. The van der Waals surface area contributed by atoms with E-state index in [2.05, 4.69) is 15.1 Å². The molecule has 0 aliphatic heterocycles. The lowest BCUT2D eigenvalue weighted by atomic mass is 9.87. The summed E-state index contributed by atoms with van der Waals surface area (Å²) in [5.41, 5.74) is 0.128. The van der Waals surface area contributed by atoms with Gasteiger partial charge in [-0.2, -0.15) is 18.3 Å². The van der Waals surface area contributed by atoms with Gasteiger partial charge in [-0.1, -0.05) is 0 Å². The Morgan fingerprint density at radius 1 is 1.17 bits per heavy atom. The predicted octanol–water partition coefficient (Wildman–Crippen LogP) is 4.45. The van der Waals surface area contributed by atoms with Crippen molar-refractivity contribution < 1.29 is 22.7 Å². The fourth-order valence-electron chi connectivity index (χ4n) is 3.76. The summed E-state index contributed by atoms with van der Waals surface area (Å²) < 4.78 is 46.3. The molecular formula is C20H19F3N4O2. The van der Waals surface area contributed by atoms with Gasteiger partial charge in [0, 0.05) is 29.1 Å². The number of fused-ring (bicyclic) bond motifs is 1. The Morgan fingerprint density at radius 3 is 2.59 bits per heavy atom. The Balaban J connectivity index is 1.72. The minimum atomic E-state index is -4.58. The average molecular weight is 404 g/mol. The summed E-state index contributed by atoms with van der Waals surface area (Å²) in [4.78, 5) is 18.4. The van der Waals surface area contributed by atoms with Gasteiger partial charge in [0.25, 0.3) is 0 Å². The molecule has 0 amide bonds. The van der Waals surface area contributed by atoms with Crippen LogP contribution in [0.15, 0.2) is 30.7 Å². The normalized spacial score (nSPS) is 20.0. The maximum absolute atomic E-state index is 13.0. The van der Waals surface area contributed by atoms with Gasteiger partial charge in [0.05, 0.1) is 36.8 Å². The van der Waals surface area contributed by atoms with Crippen molar-refractivity contribution in [3.8, 4) is 17.0 Å². The van der Waals surface area contributed by atoms with E-state index in [0.29, 0.717) is 23.0 Å². The van der Waals surface area contributed by atoms with E-state index in [-0.39, 0.29) is 17.7 Å². The number of aromatic nitrogens is 4. The minimum Gasteiger partial charge on any atom is -0.496 e. The molecule has 152 valence electrons. The monoisotopic (exact) mass is 404 g/mol. The van der Waals surface area contributed by atoms with Crippen molar-refractivity contribution in [2.75, 3.05) is 7.11 Å². The third kappa shape index (κ3) is 3.81. The first-order chi connectivity index (χ1) is 13.9. The Labute approximate surface area is 164 Å². The fourth-order valence-corrected chi connectivity index (χ4v) is 3.76. The zero-order valence-electron chi connectivity index (χ0n) is 15.7. The molecule has 1 aromatic carbocycles. The molecule has 9 heteroatoms. The van der Waals surface area contributed by atoms with Gasteiger partial charge in [0.15, 0.2) is 5.69 Å². The van der Waals surface area contributed by atoms with Crippen LogP contribution in [0.2, 0.25) is 0 Å². The summed E-state index contributed by atoms with van der Waals surface area (Å²) >= 11 is 0. The first kappa shape index (κ1) is 19.4. The number of rotatable bonds is 4. The van der Waals surface area contributed by atoms with Crippen molar-refractivity contribution in [2.24, 2.45) is 5.92 Å². The van der Waals surface area contributed by atoms with Crippen LogP contribution in [0.4, 0.5) is 13.2 Å². The second-order valence-corrected chi connectivity index (χ2v) is 7.21. The SMILES string of the molecule is COc1cc2nn(C3CCC(C=O)CC3)cc2cc1-c1cncc(C(F)(F)F)n1. The average Bonchev–Trinajstić information content (AvgIpc) is 3.15. The van der Waals surface area contributed by atoms with E-state index in [1.165, 1.54) is 13.3 Å². The largest absolute Gasteiger partial charge is 0.496 e. The summed E-state index contributed by atoms with van der Waals surface area (Å²) in [6.07, 6.45) is 3.69. The molecule has 0 unspecified atom stereocenters. The Morgan fingerprint density at radius 2 is 1.93 bits per heavy atom. The Hall–Kier alpha value is -2.97. The Bertz CT molecular complexity index is 1040. The molecule has 3 aromatic rings. The molecule has 1 aliphatic rings. The molecule has 1 fully saturated rings. The molecule has 0 atom stereocenters. The van der Waals surface area contributed by atoms with Crippen LogP contribution < -0.4 is 4.74 Å². The number of halogens is 3. The molecule has 2 aromatic heterocycles. The lowest BCUT2D eigenvalue weighted by Gasteiger charge is -2.25. The topological polar surface area (TPSA) is 69.9 Å². The molecule has 1 aliphatic carbocycles.